The van der Waals surface area contributed by atoms with Crippen LogP contribution < -0.4 is 0 Å². The van der Waals surface area contributed by atoms with E-state index in [9.17, 15) is 13.2 Å². The number of fused-ring (bicyclic) bond motifs is 1. The third-order valence-corrected chi connectivity index (χ3v) is 4.61. The molecule has 8 heteroatoms. The zero-order valence-corrected chi connectivity index (χ0v) is 16.6. The van der Waals surface area contributed by atoms with Crippen molar-refractivity contribution in [3.63, 3.8) is 0 Å². The SMILES string of the molecule is COCc1ccc(C(O[SiH](C)C)C(C)(C)C)c2cc(C(F)(F)F)nn12. The molecule has 2 aromatic rings. The van der Waals surface area contributed by atoms with Gasteiger partial charge in [-0.05, 0) is 30.6 Å². The van der Waals surface area contributed by atoms with Crippen molar-refractivity contribution in [1.82, 2.24) is 9.61 Å². The molecule has 0 fully saturated rings. The highest BCUT2D eigenvalue weighted by Crippen LogP contribution is 2.40. The van der Waals surface area contributed by atoms with Gasteiger partial charge in [0.05, 0.1) is 23.9 Å². The van der Waals surface area contributed by atoms with Crippen molar-refractivity contribution in [2.45, 2.75) is 52.8 Å². The van der Waals surface area contributed by atoms with Crippen LogP contribution in [0, 0.1) is 5.41 Å². The summed E-state index contributed by atoms with van der Waals surface area (Å²) >= 11 is 0. The predicted octanol–water partition coefficient (Wildman–Crippen LogP) is 4.59. The van der Waals surface area contributed by atoms with Crippen molar-refractivity contribution in [1.29, 1.82) is 0 Å². The summed E-state index contributed by atoms with van der Waals surface area (Å²) in [6.45, 7) is 10.3. The van der Waals surface area contributed by atoms with Crippen LogP contribution in [-0.2, 0) is 21.9 Å². The monoisotopic (exact) mass is 374 g/mol. The zero-order valence-electron chi connectivity index (χ0n) is 15.4. The molecule has 140 valence electrons. The average Bonchev–Trinajstić information content (AvgIpc) is 2.90. The minimum atomic E-state index is -4.50. The van der Waals surface area contributed by atoms with Crippen LogP contribution in [0.25, 0.3) is 5.52 Å². The van der Waals surface area contributed by atoms with E-state index in [1.807, 2.05) is 39.9 Å². The van der Waals surface area contributed by atoms with E-state index in [1.54, 1.807) is 6.07 Å². The lowest BCUT2D eigenvalue weighted by molar-refractivity contribution is -0.141. The van der Waals surface area contributed by atoms with E-state index < -0.39 is 20.9 Å². The number of halogens is 3. The quantitative estimate of drug-likeness (QED) is 0.719. The van der Waals surface area contributed by atoms with Crippen LogP contribution in [0.1, 0.15) is 43.8 Å². The van der Waals surface area contributed by atoms with Gasteiger partial charge in [0.2, 0.25) is 0 Å². The lowest BCUT2D eigenvalue weighted by atomic mass is 9.84. The number of aromatic nitrogens is 2. The highest BCUT2D eigenvalue weighted by molar-refractivity contribution is 6.48. The number of pyridine rings is 1. The Labute approximate surface area is 147 Å². The van der Waals surface area contributed by atoms with Crippen molar-refractivity contribution in [3.05, 3.63) is 35.2 Å². The number of hydrogen-bond donors (Lipinski definition) is 0. The first-order valence-electron chi connectivity index (χ1n) is 8.18. The molecule has 0 saturated carbocycles. The fourth-order valence-corrected chi connectivity index (χ4v) is 3.88. The Hall–Kier alpha value is -1.38. The Bertz CT molecular complexity index is 736. The highest BCUT2D eigenvalue weighted by atomic mass is 28.3. The second-order valence-corrected chi connectivity index (χ2v) is 9.84. The zero-order chi connectivity index (χ0) is 19.0. The molecule has 0 aliphatic heterocycles. The van der Waals surface area contributed by atoms with Crippen molar-refractivity contribution in [2.75, 3.05) is 7.11 Å². The number of hydrogen-bond acceptors (Lipinski definition) is 3. The maximum atomic E-state index is 13.2. The van der Waals surface area contributed by atoms with Gasteiger partial charge in [0, 0.05) is 12.7 Å². The molecule has 2 heterocycles. The van der Waals surface area contributed by atoms with Gasteiger partial charge in [-0.25, -0.2) is 4.52 Å². The van der Waals surface area contributed by atoms with Gasteiger partial charge in [0.15, 0.2) is 14.7 Å². The fraction of sp³-hybridized carbons (Fsp3) is 0.588. The summed E-state index contributed by atoms with van der Waals surface area (Å²) in [4.78, 5) is 0. The Morgan fingerprint density at radius 1 is 1.20 bits per heavy atom. The maximum absolute atomic E-state index is 13.2. The van der Waals surface area contributed by atoms with E-state index in [-0.39, 0.29) is 18.1 Å². The Morgan fingerprint density at radius 3 is 2.32 bits per heavy atom. The Balaban J connectivity index is 2.71. The molecule has 2 aromatic heterocycles. The second-order valence-electron chi connectivity index (χ2n) is 7.47. The summed E-state index contributed by atoms with van der Waals surface area (Å²) in [5.74, 6) is 0. The predicted molar refractivity (Wildman–Crippen MR) is 93.1 cm³/mol. The van der Waals surface area contributed by atoms with Gasteiger partial charge in [-0.1, -0.05) is 26.8 Å². The van der Waals surface area contributed by atoms with Crippen LogP contribution in [0.2, 0.25) is 13.1 Å². The van der Waals surface area contributed by atoms with Gasteiger partial charge in [0.25, 0.3) is 0 Å². The summed E-state index contributed by atoms with van der Waals surface area (Å²) in [5.41, 5.74) is 0.523. The molecule has 0 spiro atoms. The molecule has 0 amide bonds. The standard InChI is InChI=1S/C17H25F3N2O2Si/c1-16(2,3)15(24-25(5)6)12-8-7-11(10-23-4)22-13(12)9-14(21-22)17(18,19)20/h7-9,15,25H,10H2,1-6H3. The fourth-order valence-electron chi connectivity index (χ4n) is 2.78. The van der Waals surface area contributed by atoms with Gasteiger partial charge in [-0.2, -0.15) is 18.3 Å². The minimum Gasteiger partial charge on any atom is -0.413 e. The molecule has 0 saturated heterocycles. The van der Waals surface area contributed by atoms with Crippen LogP contribution in [0.3, 0.4) is 0 Å². The molecule has 0 aliphatic rings. The maximum Gasteiger partial charge on any atom is 0.435 e. The van der Waals surface area contributed by atoms with Crippen LogP contribution in [0.4, 0.5) is 13.2 Å². The van der Waals surface area contributed by atoms with Crippen LogP contribution in [-0.4, -0.2) is 25.8 Å². The number of rotatable bonds is 5. The Kier molecular flexibility index (Phi) is 5.65. The van der Waals surface area contributed by atoms with Gasteiger partial charge in [0.1, 0.15) is 0 Å². The molecule has 0 bridgehead atoms. The van der Waals surface area contributed by atoms with Gasteiger partial charge >= 0.3 is 6.18 Å². The molecule has 25 heavy (non-hydrogen) atoms. The third kappa shape index (κ3) is 4.42. The summed E-state index contributed by atoms with van der Waals surface area (Å²) < 4.78 is 52.2. The molecule has 0 aliphatic carbocycles. The first-order valence-corrected chi connectivity index (χ1v) is 11.0. The lowest BCUT2D eigenvalue weighted by Crippen LogP contribution is -2.26. The molecule has 0 N–H and O–H groups in total. The van der Waals surface area contributed by atoms with Gasteiger partial charge < -0.3 is 9.16 Å². The molecule has 1 atom stereocenters. The highest BCUT2D eigenvalue weighted by Gasteiger charge is 2.36. The summed E-state index contributed by atoms with van der Waals surface area (Å²) in [6.07, 6.45) is -4.81. The summed E-state index contributed by atoms with van der Waals surface area (Å²) in [6, 6.07) is 4.68. The number of methoxy groups -OCH3 is 1. The molecule has 0 aromatic carbocycles. The number of ether oxygens (including phenoxy) is 1. The molecule has 4 nitrogen and oxygen atoms in total. The Morgan fingerprint density at radius 2 is 1.84 bits per heavy atom. The lowest BCUT2D eigenvalue weighted by Gasteiger charge is -2.33. The minimum absolute atomic E-state index is 0.176. The van der Waals surface area contributed by atoms with Gasteiger partial charge in [-0.15, -0.1) is 0 Å². The first kappa shape index (κ1) is 19.9. The van der Waals surface area contributed by atoms with Crippen LogP contribution in [0.15, 0.2) is 18.2 Å². The summed E-state index contributed by atoms with van der Waals surface area (Å²) in [5, 5.41) is 3.77. The molecule has 0 radical (unpaired) electrons. The number of nitrogens with zero attached hydrogens (tertiary/aromatic N) is 2. The summed E-state index contributed by atoms with van der Waals surface area (Å²) in [7, 11) is 0.0921. The van der Waals surface area contributed by atoms with E-state index in [2.05, 4.69) is 5.10 Å². The van der Waals surface area contributed by atoms with E-state index in [0.717, 1.165) is 11.6 Å². The van der Waals surface area contributed by atoms with E-state index in [4.69, 9.17) is 9.16 Å². The number of alkyl halides is 3. The average molecular weight is 374 g/mol. The van der Waals surface area contributed by atoms with E-state index >= 15 is 0 Å². The topological polar surface area (TPSA) is 35.8 Å². The normalized spacial score (nSPS) is 14.5. The molecule has 1 unspecified atom stereocenters. The van der Waals surface area contributed by atoms with Crippen LogP contribution in [0.5, 0.6) is 0 Å². The van der Waals surface area contributed by atoms with Crippen molar-refractivity contribution >= 4 is 14.6 Å². The smallest absolute Gasteiger partial charge is 0.413 e. The van der Waals surface area contributed by atoms with Crippen molar-refractivity contribution in [2.24, 2.45) is 5.41 Å². The molecular weight excluding hydrogens is 349 g/mol. The van der Waals surface area contributed by atoms with E-state index in [1.165, 1.54) is 11.6 Å². The van der Waals surface area contributed by atoms with Crippen LogP contribution >= 0.6 is 0 Å². The van der Waals surface area contributed by atoms with Gasteiger partial charge in [-0.3, -0.25) is 0 Å². The first-order chi connectivity index (χ1) is 11.4. The van der Waals surface area contributed by atoms with E-state index in [0.29, 0.717) is 11.2 Å². The molecular formula is C17H25F3N2O2Si. The third-order valence-electron chi connectivity index (χ3n) is 3.79. The van der Waals surface area contributed by atoms with Crippen molar-refractivity contribution < 1.29 is 22.3 Å². The largest absolute Gasteiger partial charge is 0.435 e. The molecule has 2 rings (SSSR count). The van der Waals surface area contributed by atoms with Crippen molar-refractivity contribution in [3.8, 4) is 0 Å². The second kappa shape index (κ2) is 7.09.